The van der Waals surface area contributed by atoms with E-state index in [0.29, 0.717) is 24.3 Å². The molecule has 2 heterocycles. The third-order valence-electron chi connectivity index (χ3n) is 4.11. The van der Waals surface area contributed by atoms with Crippen molar-refractivity contribution in [3.63, 3.8) is 0 Å². The van der Waals surface area contributed by atoms with Gasteiger partial charge in [0, 0.05) is 51.7 Å². The minimum atomic E-state index is 0.312. The number of hydrogen-bond donors (Lipinski definition) is 1. The smallest absolute Gasteiger partial charge is 0.223 e. The number of morpholine rings is 1. The molecule has 1 atom stereocenters. The van der Waals surface area contributed by atoms with E-state index in [0.717, 1.165) is 58.9 Å². The van der Waals surface area contributed by atoms with Crippen molar-refractivity contribution in [2.24, 2.45) is 5.92 Å². The van der Waals surface area contributed by atoms with Crippen LogP contribution in [0.4, 0.5) is 0 Å². The van der Waals surface area contributed by atoms with Crippen molar-refractivity contribution >= 4 is 5.91 Å². The Balaban J connectivity index is 1.70. The standard InChI is InChI=1S/C15H29N3O2/c1-13(2)11-14-12-18(6-4-16-14)15(19)3-5-17-7-9-20-10-8-17/h13-14,16H,3-12H2,1-2H3. The minimum absolute atomic E-state index is 0.312. The van der Waals surface area contributed by atoms with Crippen LogP contribution in [-0.2, 0) is 9.53 Å². The van der Waals surface area contributed by atoms with E-state index in [4.69, 9.17) is 4.74 Å². The molecule has 0 aliphatic carbocycles. The van der Waals surface area contributed by atoms with Crippen LogP contribution < -0.4 is 5.32 Å². The molecule has 0 saturated carbocycles. The summed E-state index contributed by atoms with van der Waals surface area (Å²) in [6, 6.07) is 0.469. The molecule has 0 bridgehead atoms. The van der Waals surface area contributed by atoms with Crippen LogP contribution in [0.1, 0.15) is 26.7 Å². The maximum atomic E-state index is 12.3. The molecule has 0 aromatic heterocycles. The van der Waals surface area contributed by atoms with E-state index >= 15 is 0 Å². The van der Waals surface area contributed by atoms with Gasteiger partial charge in [-0.25, -0.2) is 0 Å². The summed E-state index contributed by atoms with van der Waals surface area (Å²) in [5.41, 5.74) is 0. The van der Waals surface area contributed by atoms with Gasteiger partial charge in [-0.2, -0.15) is 0 Å². The first-order chi connectivity index (χ1) is 9.65. The summed E-state index contributed by atoms with van der Waals surface area (Å²) < 4.78 is 5.33. The van der Waals surface area contributed by atoms with Crippen molar-refractivity contribution < 1.29 is 9.53 Å². The highest BCUT2D eigenvalue weighted by Crippen LogP contribution is 2.11. The van der Waals surface area contributed by atoms with Gasteiger partial charge in [0.25, 0.3) is 0 Å². The van der Waals surface area contributed by atoms with Crippen molar-refractivity contribution in [3.8, 4) is 0 Å². The largest absolute Gasteiger partial charge is 0.379 e. The number of nitrogens with zero attached hydrogens (tertiary/aromatic N) is 2. The number of ether oxygens (including phenoxy) is 1. The van der Waals surface area contributed by atoms with Gasteiger partial charge in [-0.15, -0.1) is 0 Å². The highest BCUT2D eigenvalue weighted by atomic mass is 16.5. The summed E-state index contributed by atoms with van der Waals surface area (Å²) in [4.78, 5) is 16.7. The van der Waals surface area contributed by atoms with Crippen LogP contribution in [0, 0.1) is 5.92 Å². The monoisotopic (exact) mass is 283 g/mol. The van der Waals surface area contributed by atoms with Gasteiger partial charge in [0.05, 0.1) is 13.2 Å². The Morgan fingerprint density at radius 3 is 2.75 bits per heavy atom. The molecular weight excluding hydrogens is 254 g/mol. The average Bonchev–Trinajstić information content (AvgIpc) is 2.45. The van der Waals surface area contributed by atoms with Crippen molar-refractivity contribution in [3.05, 3.63) is 0 Å². The summed E-state index contributed by atoms with van der Waals surface area (Å²) >= 11 is 0. The van der Waals surface area contributed by atoms with E-state index in [-0.39, 0.29) is 0 Å². The summed E-state index contributed by atoms with van der Waals surface area (Å²) in [5, 5.41) is 3.52. The average molecular weight is 283 g/mol. The minimum Gasteiger partial charge on any atom is -0.379 e. The lowest BCUT2D eigenvalue weighted by atomic mass is 10.0. The van der Waals surface area contributed by atoms with E-state index in [9.17, 15) is 4.79 Å². The molecule has 2 aliphatic rings. The van der Waals surface area contributed by atoms with E-state index < -0.39 is 0 Å². The second kappa shape index (κ2) is 7.96. The zero-order valence-electron chi connectivity index (χ0n) is 12.9. The van der Waals surface area contributed by atoms with Crippen LogP contribution >= 0.6 is 0 Å². The van der Waals surface area contributed by atoms with Gasteiger partial charge in [-0.1, -0.05) is 13.8 Å². The van der Waals surface area contributed by atoms with Gasteiger partial charge in [0.15, 0.2) is 0 Å². The number of rotatable bonds is 5. The molecular formula is C15H29N3O2. The van der Waals surface area contributed by atoms with Crippen LogP contribution in [-0.4, -0.2) is 74.2 Å². The number of hydrogen-bond acceptors (Lipinski definition) is 4. The number of amides is 1. The van der Waals surface area contributed by atoms with Gasteiger partial charge in [0.1, 0.15) is 0 Å². The third kappa shape index (κ3) is 5.04. The molecule has 2 aliphatic heterocycles. The molecule has 1 unspecified atom stereocenters. The normalized spacial score (nSPS) is 25.1. The summed E-state index contributed by atoms with van der Waals surface area (Å²) in [6.45, 7) is 11.5. The molecule has 1 amide bonds. The summed E-state index contributed by atoms with van der Waals surface area (Å²) in [5.74, 6) is 0.989. The molecule has 1 N–H and O–H groups in total. The summed E-state index contributed by atoms with van der Waals surface area (Å²) in [7, 11) is 0. The maximum Gasteiger partial charge on any atom is 0.223 e. The first kappa shape index (κ1) is 15.7. The Bertz CT molecular complexity index is 303. The lowest BCUT2D eigenvalue weighted by Gasteiger charge is -2.35. The highest BCUT2D eigenvalue weighted by Gasteiger charge is 2.24. The lowest BCUT2D eigenvalue weighted by molar-refractivity contribution is -0.133. The number of carbonyl (C=O) groups is 1. The van der Waals surface area contributed by atoms with E-state index in [1.54, 1.807) is 0 Å². The fraction of sp³-hybridized carbons (Fsp3) is 0.933. The topological polar surface area (TPSA) is 44.8 Å². The molecule has 5 heteroatoms. The highest BCUT2D eigenvalue weighted by molar-refractivity contribution is 5.76. The zero-order valence-corrected chi connectivity index (χ0v) is 12.9. The first-order valence-electron chi connectivity index (χ1n) is 7.96. The van der Waals surface area contributed by atoms with Crippen LogP contribution in [0.5, 0.6) is 0 Å². The number of nitrogens with one attached hydrogen (secondary N) is 1. The predicted molar refractivity (Wildman–Crippen MR) is 79.7 cm³/mol. The molecule has 0 spiro atoms. The summed E-state index contributed by atoms with van der Waals surface area (Å²) in [6.07, 6.45) is 1.79. The second-order valence-electron chi connectivity index (χ2n) is 6.32. The molecule has 2 rings (SSSR count). The SMILES string of the molecule is CC(C)CC1CN(C(=O)CCN2CCOCC2)CCN1. The number of carbonyl (C=O) groups excluding carboxylic acids is 1. The second-order valence-corrected chi connectivity index (χ2v) is 6.32. The van der Waals surface area contributed by atoms with Gasteiger partial charge in [0.2, 0.25) is 5.91 Å². The fourth-order valence-electron chi connectivity index (χ4n) is 3.02. The van der Waals surface area contributed by atoms with Crippen molar-refractivity contribution in [1.29, 1.82) is 0 Å². The van der Waals surface area contributed by atoms with E-state index in [2.05, 4.69) is 24.1 Å². The molecule has 0 aromatic rings. The van der Waals surface area contributed by atoms with Gasteiger partial charge in [-0.3, -0.25) is 9.69 Å². The Morgan fingerprint density at radius 1 is 1.30 bits per heavy atom. The van der Waals surface area contributed by atoms with E-state index in [1.165, 1.54) is 0 Å². The van der Waals surface area contributed by atoms with Crippen molar-refractivity contribution in [2.45, 2.75) is 32.7 Å². The molecule has 2 fully saturated rings. The van der Waals surface area contributed by atoms with Gasteiger partial charge < -0.3 is 15.0 Å². The Hall–Kier alpha value is -0.650. The van der Waals surface area contributed by atoms with E-state index in [1.807, 2.05) is 4.90 Å². The number of piperazine rings is 1. The van der Waals surface area contributed by atoms with Gasteiger partial charge >= 0.3 is 0 Å². The quantitative estimate of drug-likeness (QED) is 0.800. The predicted octanol–water partition coefficient (Wildman–Crippen LogP) is 0.555. The fourth-order valence-corrected chi connectivity index (χ4v) is 3.02. The Kier molecular flexibility index (Phi) is 6.26. The molecule has 0 radical (unpaired) electrons. The molecule has 0 aromatic carbocycles. The molecule has 116 valence electrons. The lowest BCUT2D eigenvalue weighted by Crippen LogP contribution is -2.53. The Morgan fingerprint density at radius 2 is 2.05 bits per heavy atom. The van der Waals surface area contributed by atoms with Crippen molar-refractivity contribution in [1.82, 2.24) is 15.1 Å². The molecule has 5 nitrogen and oxygen atoms in total. The zero-order chi connectivity index (χ0) is 14.4. The van der Waals surface area contributed by atoms with Gasteiger partial charge in [-0.05, 0) is 12.3 Å². The third-order valence-corrected chi connectivity index (χ3v) is 4.11. The van der Waals surface area contributed by atoms with Crippen molar-refractivity contribution in [2.75, 3.05) is 52.5 Å². The Labute approximate surface area is 122 Å². The van der Waals surface area contributed by atoms with Crippen LogP contribution in [0.15, 0.2) is 0 Å². The molecule has 2 saturated heterocycles. The van der Waals surface area contributed by atoms with Crippen LogP contribution in [0.3, 0.4) is 0 Å². The van der Waals surface area contributed by atoms with Crippen LogP contribution in [0.2, 0.25) is 0 Å². The first-order valence-corrected chi connectivity index (χ1v) is 7.96. The maximum absolute atomic E-state index is 12.3. The molecule has 20 heavy (non-hydrogen) atoms. The van der Waals surface area contributed by atoms with Crippen LogP contribution in [0.25, 0.3) is 0 Å².